The van der Waals surface area contributed by atoms with Crippen molar-refractivity contribution in [1.82, 2.24) is 0 Å². The minimum atomic E-state index is -0.310. The first kappa shape index (κ1) is 15.6. The number of halogens is 1. The molecule has 0 fully saturated rings. The second-order valence-electron chi connectivity index (χ2n) is 5.18. The Balaban J connectivity index is 2.00. The monoisotopic (exact) mass is 346 g/mol. The van der Waals surface area contributed by atoms with E-state index in [-0.39, 0.29) is 11.9 Å². The molecule has 110 valence electrons. The molecule has 0 saturated carbocycles. The molecule has 2 rings (SSSR count). The highest BCUT2D eigenvalue weighted by atomic mass is 79.9. The zero-order valence-electron chi connectivity index (χ0n) is 12.4. The Hall–Kier alpha value is -1.81. The van der Waals surface area contributed by atoms with Crippen LogP contribution >= 0.6 is 15.9 Å². The maximum atomic E-state index is 12.2. The summed E-state index contributed by atoms with van der Waals surface area (Å²) in [5.74, 6) is -0.0581. The maximum absolute atomic E-state index is 12.2. The summed E-state index contributed by atoms with van der Waals surface area (Å²) < 4.78 is 0.988. The Kier molecular flexibility index (Phi) is 5.02. The van der Waals surface area contributed by atoms with Crippen molar-refractivity contribution in [3.63, 3.8) is 0 Å². The van der Waals surface area contributed by atoms with Gasteiger partial charge in [0.1, 0.15) is 6.04 Å². The summed E-state index contributed by atoms with van der Waals surface area (Å²) >= 11 is 3.37. The van der Waals surface area contributed by atoms with Gasteiger partial charge in [-0.15, -0.1) is 0 Å². The third-order valence-corrected chi connectivity index (χ3v) is 3.79. The summed E-state index contributed by atoms with van der Waals surface area (Å²) in [7, 11) is 0. The predicted molar refractivity (Wildman–Crippen MR) is 91.8 cm³/mol. The molecule has 2 N–H and O–H groups in total. The van der Waals surface area contributed by atoms with Crippen molar-refractivity contribution in [3.8, 4) is 0 Å². The number of carbonyl (C=O) groups is 1. The van der Waals surface area contributed by atoms with E-state index in [9.17, 15) is 4.79 Å². The smallest absolute Gasteiger partial charge is 0.246 e. The number of aryl methyl sites for hydroxylation is 2. The Bertz CT molecular complexity index is 638. The van der Waals surface area contributed by atoms with E-state index in [0.29, 0.717) is 0 Å². The quantitative estimate of drug-likeness (QED) is 0.855. The molecule has 0 unspecified atom stereocenters. The molecule has 1 amide bonds. The first-order valence-corrected chi connectivity index (χ1v) is 7.65. The summed E-state index contributed by atoms with van der Waals surface area (Å²) in [5.41, 5.74) is 4.12. The van der Waals surface area contributed by atoms with Crippen LogP contribution in [0, 0.1) is 13.8 Å². The summed E-state index contributed by atoms with van der Waals surface area (Å²) in [5, 5.41) is 6.15. The number of benzene rings is 2. The number of carbonyl (C=O) groups excluding carboxylic acids is 1. The lowest BCUT2D eigenvalue weighted by Crippen LogP contribution is -2.32. The second-order valence-corrected chi connectivity index (χ2v) is 6.10. The molecular weight excluding hydrogens is 328 g/mol. The molecule has 2 aromatic carbocycles. The number of amides is 1. The number of hydrogen-bond donors (Lipinski definition) is 2. The molecule has 0 aliphatic carbocycles. The molecule has 0 heterocycles. The first-order chi connectivity index (χ1) is 9.95. The SMILES string of the molecule is Cc1ccc(N[C@@H](C)C(=O)Nc2ccc(Br)cc2)c(C)c1. The lowest BCUT2D eigenvalue weighted by Gasteiger charge is -2.17. The fourth-order valence-corrected chi connectivity index (χ4v) is 2.32. The van der Waals surface area contributed by atoms with Crippen molar-refractivity contribution >= 4 is 33.2 Å². The molecule has 0 radical (unpaired) electrons. The van der Waals surface area contributed by atoms with Crippen LogP contribution in [0.15, 0.2) is 46.9 Å². The lowest BCUT2D eigenvalue weighted by molar-refractivity contribution is -0.116. The minimum absolute atomic E-state index is 0.0581. The van der Waals surface area contributed by atoms with Crippen molar-refractivity contribution in [2.45, 2.75) is 26.8 Å². The molecule has 1 atom stereocenters. The molecular formula is C17H19BrN2O. The van der Waals surface area contributed by atoms with Crippen LogP contribution in [-0.4, -0.2) is 11.9 Å². The Labute approximate surface area is 133 Å². The van der Waals surface area contributed by atoms with Crippen molar-refractivity contribution < 1.29 is 4.79 Å². The molecule has 4 heteroatoms. The van der Waals surface area contributed by atoms with Crippen LogP contribution in [0.1, 0.15) is 18.1 Å². The Morgan fingerprint density at radius 2 is 1.76 bits per heavy atom. The molecule has 2 aromatic rings. The van der Waals surface area contributed by atoms with Gasteiger partial charge < -0.3 is 10.6 Å². The summed E-state index contributed by atoms with van der Waals surface area (Å²) in [6.07, 6.45) is 0. The molecule has 0 aromatic heterocycles. The van der Waals surface area contributed by atoms with Gasteiger partial charge in [-0.05, 0) is 56.7 Å². The van der Waals surface area contributed by atoms with Gasteiger partial charge in [-0.1, -0.05) is 33.6 Å². The van der Waals surface area contributed by atoms with E-state index < -0.39 is 0 Å². The average Bonchev–Trinajstić information content (AvgIpc) is 2.44. The average molecular weight is 347 g/mol. The van der Waals surface area contributed by atoms with Crippen LogP contribution in [0.2, 0.25) is 0 Å². The van der Waals surface area contributed by atoms with E-state index in [2.05, 4.69) is 39.6 Å². The van der Waals surface area contributed by atoms with Crippen LogP contribution in [-0.2, 0) is 4.79 Å². The van der Waals surface area contributed by atoms with E-state index in [4.69, 9.17) is 0 Å². The van der Waals surface area contributed by atoms with Gasteiger partial charge in [-0.2, -0.15) is 0 Å². The largest absolute Gasteiger partial charge is 0.374 e. The van der Waals surface area contributed by atoms with Crippen molar-refractivity contribution in [3.05, 3.63) is 58.1 Å². The Morgan fingerprint density at radius 3 is 2.38 bits per heavy atom. The maximum Gasteiger partial charge on any atom is 0.246 e. The van der Waals surface area contributed by atoms with Crippen molar-refractivity contribution in [2.75, 3.05) is 10.6 Å². The lowest BCUT2D eigenvalue weighted by atomic mass is 10.1. The summed E-state index contributed by atoms with van der Waals surface area (Å²) in [6, 6.07) is 13.4. The minimum Gasteiger partial charge on any atom is -0.374 e. The number of nitrogens with one attached hydrogen (secondary N) is 2. The Morgan fingerprint density at radius 1 is 1.10 bits per heavy atom. The number of rotatable bonds is 4. The third-order valence-electron chi connectivity index (χ3n) is 3.26. The van der Waals surface area contributed by atoms with Gasteiger partial charge in [0.15, 0.2) is 0 Å². The van der Waals surface area contributed by atoms with E-state index in [1.165, 1.54) is 5.56 Å². The molecule has 21 heavy (non-hydrogen) atoms. The molecule has 0 aliphatic heterocycles. The van der Waals surface area contributed by atoms with Gasteiger partial charge in [0.2, 0.25) is 5.91 Å². The van der Waals surface area contributed by atoms with Gasteiger partial charge in [0.05, 0.1) is 0 Å². The highest BCUT2D eigenvalue weighted by Crippen LogP contribution is 2.18. The van der Waals surface area contributed by atoms with Gasteiger partial charge in [0, 0.05) is 15.8 Å². The van der Waals surface area contributed by atoms with Crippen LogP contribution < -0.4 is 10.6 Å². The number of anilines is 2. The van der Waals surface area contributed by atoms with Gasteiger partial charge in [-0.3, -0.25) is 4.79 Å². The van der Waals surface area contributed by atoms with Gasteiger partial charge in [0.25, 0.3) is 0 Å². The van der Waals surface area contributed by atoms with E-state index in [0.717, 1.165) is 21.4 Å². The normalized spacial score (nSPS) is 11.8. The van der Waals surface area contributed by atoms with Crippen LogP contribution in [0.25, 0.3) is 0 Å². The van der Waals surface area contributed by atoms with Crippen LogP contribution in [0.3, 0.4) is 0 Å². The molecule has 0 aliphatic rings. The van der Waals surface area contributed by atoms with E-state index in [1.807, 2.05) is 50.2 Å². The van der Waals surface area contributed by atoms with Crippen molar-refractivity contribution in [2.24, 2.45) is 0 Å². The topological polar surface area (TPSA) is 41.1 Å². The van der Waals surface area contributed by atoms with Gasteiger partial charge in [-0.25, -0.2) is 0 Å². The zero-order chi connectivity index (χ0) is 15.4. The first-order valence-electron chi connectivity index (χ1n) is 6.86. The highest BCUT2D eigenvalue weighted by molar-refractivity contribution is 9.10. The van der Waals surface area contributed by atoms with Gasteiger partial charge >= 0.3 is 0 Å². The summed E-state index contributed by atoms with van der Waals surface area (Å²) in [4.78, 5) is 12.2. The summed E-state index contributed by atoms with van der Waals surface area (Å²) in [6.45, 7) is 5.95. The number of hydrogen-bond acceptors (Lipinski definition) is 2. The molecule has 0 spiro atoms. The second kappa shape index (κ2) is 6.76. The molecule has 0 bridgehead atoms. The van der Waals surface area contributed by atoms with Crippen LogP contribution in [0.4, 0.5) is 11.4 Å². The van der Waals surface area contributed by atoms with E-state index in [1.54, 1.807) is 0 Å². The zero-order valence-corrected chi connectivity index (χ0v) is 14.0. The fraction of sp³-hybridized carbons (Fsp3) is 0.235. The predicted octanol–water partition coefficient (Wildman–Crippen LogP) is 4.51. The standard InChI is InChI=1S/C17H19BrN2O/c1-11-4-9-16(12(2)10-11)19-13(3)17(21)20-15-7-5-14(18)6-8-15/h4-10,13,19H,1-3H3,(H,20,21)/t13-/m0/s1. The third kappa shape index (κ3) is 4.33. The fourth-order valence-electron chi connectivity index (χ4n) is 2.06. The van der Waals surface area contributed by atoms with E-state index >= 15 is 0 Å². The van der Waals surface area contributed by atoms with Crippen LogP contribution in [0.5, 0.6) is 0 Å². The molecule has 0 saturated heterocycles. The van der Waals surface area contributed by atoms with Crippen molar-refractivity contribution in [1.29, 1.82) is 0 Å². The highest BCUT2D eigenvalue weighted by Gasteiger charge is 2.13. The molecule has 3 nitrogen and oxygen atoms in total.